The fourth-order valence-corrected chi connectivity index (χ4v) is 0.833. The molecule has 0 bridgehead atoms. The molecular weight excluding hydrogens is 146 g/mol. The van der Waals surface area contributed by atoms with Crippen LogP contribution in [0, 0.1) is 6.92 Å². The van der Waals surface area contributed by atoms with Gasteiger partial charge in [-0.25, -0.2) is 0 Å². The smallest absolute Gasteiger partial charge is 0.223 e. The number of hydrogen-bond donors (Lipinski definition) is 3. The van der Waals surface area contributed by atoms with Crippen molar-refractivity contribution in [3.8, 4) is 5.75 Å². The summed E-state index contributed by atoms with van der Waals surface area (Å²) >= 11 is 0. The largest absolute Gasteiger partial charge is 0.503 e. The van der Waals surface area contributed by atoms with E-state index in [-0.39, 0.29) is 12.4 Å². The van der Waals surface area contributed by atoms with E-state index in [1.807, 2.05) is 0 Å². The van der Waals surface area contributed by atoms with Gasteiger partial charge in [0.25, 0.3) is 0 Å². The molecule has 1 aromatic rings. The molecule has 0 unspecified atom stereocenters. The number of aromatic hydroxyl groups is 1. The highest BCUT2D eigenvalue weighted by Gasteiger charge is 2.02. The van der Waals surface area contributed by atoms with Gasteiger partial charge in [-0.3, -0.25) is 4.79 Å². The Morgan fingerprint density at radius 2 is 2.27 bits per heavy atom. The van der Waals surface area contributed by atoms with Crippen molar-refractivity contribution in [1.82, 2.24) is 4.98 Å². The summed E-state index contributed by atoms with van der Waals surface area (Å²) in [6.45, 7) is 1.34. The summed E-state index contributed by atoms with van der Waals surface area (Å²) in [5.41, 5.74) is 0.317. The van der Waals surface area contributed by atoms with Gasteiger partial charge < -0.3 is 15.2 Å². The average molecular weight is 155 g/mol. The van der Waals surface area contributed by atoms with E-state index in [0.717, 1.165) is 0 Å². The molecule has 0 saturated heterocycles. The molecule has 1 heterocycles. The van der Waals surface area contributed by atoms with Crippen LogP contribution in [0.3, 0.4) is 0 Å². The lowest BCUT2D eigenvalue weighted by atomic mass is 10.3. The van der Waals surface area contributed by atoms with Gasteiger partial charge in [-0.2, -0.15) is 0 Å². The summed E-state index contributed by atoms with van der Waals surface area (Å²) < 4.78 is 0. The summed E-state index contributed by atoms with van der Waals surface area (Å²) in [7, 11) is 0. The van der Waals surface area contributed by atoms with Crippen LogP contribution in [0.5, 0.6) is 5.75 Å². The zero-order valence-electron chi connectivity index (χ0n) is 6.09. The highest BCUT2D eigenvalue weighted by Crippen LogP contribution is 2.06. The van der Waals surface area contributed by atoms with Crippen molar-refractivity contribution >= 4 is 0 Å². The van der Waals surface area contributed by atoms with Crippen LogP contribution in [0.15, 0.2) is 10.9 Å². The Bertz CT molecular complexity index is 316. The zero-order chi connectivity index (χ0) is 8.43. The molecule has 0 fully saturated rings. The van der Waals surface area contributed by atoms with Crippen LogP contribution >= 0.6 is 0 Å². The first-order valence-electron chi connectivity index (χ1n) is 3.17. The molecule has 1 aromatic heterocycles. The molecule has 4 nitrogen and oxygen atoms in total. The van der Waals surface area contributed by atoms with Gasteiger partial charge in [-0.1, -0.05) is 0 Å². The Hall–Kier alpha value is -1.29. The monoisotopic (exact) mass is 155 g/mol. The third kappa shape index (κ3) is 1.40. The normalized spacial score (nSPS) is 10.0. The van der Waals surface area contributed by atoms with Gasteiger partial charge in [0.05, 0.1) is 12.3 Å². The quantitative estimate of drug-likeness (QED) is 0.529. The summed E-state index contributed by atoms with van der Waals surface area (Å²) in [5, 5.41) is 17.6. The first-order valence-corrected chi connectivity index (χ1v) is 3.17. The number of nitrogens with one attached hydrogen (secondary N) is 1. The molecular formula is C7H9NO3. The maximum atomic E-state index is 10.8. The molecule has 0 saturated carbocycles. The molecule has 0 amide bonds. The Labute approximate surface area is 63.1 Å². The topological polar surface area (TPSA) is 73.3 Å². The van der Waals surface area contributed by atoms with Gasteiger partial charge in [0.2, 0.25) is 5.43 Å². The molecule has 0 radical (unpaired) electrons. The van der Waals surface area contributed by atoms with Gasteiger partial charge >= 0.3 is 0 Å². The summed E-state index contributed by atoms with van der Waals surface area (Å²) in [6, 6.07) is 1.17. The van der Waals surface area contributed by atoms with E-state index in [1.54, 1.807) is 6.92 Å². The number of aromatic amines is 1. The molecule has 60 valence electrons. The van der Waals surface area contributed by atoms with Gasteiger partial charge in [0, 0.05) is 11.8 Å². The molecule has 0 aliphatic heterocycles. The van der Waals surface area contributed by atoms with Crippen LogP contribution in [0.25, 0.3) is 0 Å². The molecule has 0 atom stereocenters. The number of H-pyrrole nitrogens is 1. The minimum atomic E-state index is -0.467. The molecule has 1 rings (SSSR count). The Morgan fingerprint density at radius 1 is 1.64 bits per heavy atom. The minimum Gasteiger partial charge on any atom is -0.503 e. The van der Waals surface area contributed by atoms with Gasteiger partial charge in [0.15, 0.2) is 5.75 Å². The van der Waals surface area contributed by atoms with Crippen molar-refractivity contribution in [1.29, 1.82) is 0 Å². The van der Waals surface area contributed by atoms with Crippen molar-refractivity contribution in [3.05, 3.63) is 27.7 Å². The second kappa shape index (κ2) is 2.75. The number of pyridine rings is 1. The molecule has 11 heavy (non-hydrogen) atoms. The first kappa shape index (κ1) is 7.81. The third-order valence-electron chi connectivity index (χ3n) is 1.41. The van der Waals surface area contributed by atoms with Gasteiger partial charge in [0.1, 0.15) is 0 Å². The minimum absolute atomic E-state index is 0.226. The highest BCUT2D eigenvalue weighted by molar-refractivity contribution is 5.26. The van der Waals surface area contributed by atoms with E-state index in [9.17, 15) is 4.79 Å². The third-order valence-corrected chi connectivity index (χ3v) is 1.41. The number of hydrogen-bond acceptors (Lipinski definition) is 3. The lowest BCUT2D eigenvalue weighted by Gasteiger charge is -2.00. The number of aliphatic hydroxyl groups is 1. The Balaban J connectivity index is 3.32. The first-order chi connectivity index (χ1) is 5.15. The maximum Gasteiger partial charge on any atom is 0.223 e. The van der Waals surface area contributed by atoms with Crippen molar-refractivity contribution in [2.45, 2.75) is 13.5 Å². The molecule has 3 N–H and O–H groups in total. The Kier molecular flexibility index (Phi) is 1.96. The summed E-state index contributed by atoms with van der Waals surface area (Å²) in [4.78, 5) is 13.5. The lowest BCUT2D eigenvalue weighted by molar-refractivity contribution is 0.276. The summed E-state index contributed by atoms with van der Waals surface area (Å²) in [6.07, 6.45) is 0. The standard InChI is InChI=1S/C7H9NO3/c1-4-7(11)6(10)2-5(3-9)8-4/h2,9,11H,3H2,1H3,(H,8,10). The van der Waals surface area contributed by atoms with Crippen molar-refractivity contribution in [2.75, 3.05) is 0 Å². The highest BCUT2D eigenvalue weighted by atomic mass is 16.3. The predicted octanol–water partition coefficient (Wildman–Crippen LogP) is -0.119. The summed E-state index contributed by atoms with van der Waals surface area (Å²) in [5.74, 6) is -0.290. The molecule has 0 aliphatic carbocycles. The maximum absolute atomic E-state index is 10.8. The second-order valence-corrected chi connectivity index (χ2v) is 2.29. The van der Waals surface area contributed by atoms with Crippen LogP contribution < -0.4 is 5.43 Å². The van der Waals surface area contributed by atoms with E-state index >= 15 is 0 Å². The zero-order valence-corrected chi connectivity index (χ0v) is 6.09. The van der Waals surface area contributed by atoms with Gasteiger partial charge in [-0.15, -0.1) is 0 Å². The van der Waals surface area contributed by atoms with E-state index < -0.39 is 5.43 Å². The van der Waals surface area contributed by atoms with E-state index in [0.29, 0.717) is 11.4 Å². The van der Waals surface area contributed by atoms with E-state index in [1.165, 1.54) is 6.07 Å². The lowest BCUT2D eigenvalue weighted by Crippen LogP contribution is -2.05. The molecule has 4 heteroatoms. The molecule has 0 aromatic carbocycles. The fourth-order valence-electron chi connectivity index (χ4n) is 0.833. The van der Waals surface area contributed by atoms with Crippen LogP contribution in [-0.2, 0) is 6.61 Å². The predicted molar refractivity (Wildman–Crippen MR) is 39.4 cm³/mol. The van der Waals surface area contributed by atoms with Crippen molar-refractivity contribution in [2.24, 2.45) is 0 Å². The van der Waals surface area contributed by atoms with Crippen LogP contribution in [-0.4, -0.2) is 15.2 Å². The number of aliphatic hydroxyl groups excluding tert-OH is 1. The number of aromatic nitrogens is 1. The Morgan fingerprint density at radius 3 is 2.73 bits per heavy atom. The van der Waals surface area contributed by atoms with Crippen LogP contribution in [0.1, 0.15) is 11.4 Å². The molecule has 0 aliphatic rings. The van der Waals surface area contributed by atoms with E-state index in [4.69, 9.17) is 10.2 Å². The van der Waals surface area contributed by atoms with Crippen LogP contribution in [0.2, 0.25) is 0 Å². The average Bonchev–Trinajstić information content (AvgIpc) is 1.99. The molecule has 0 spiro atoms. The number of rotatable bonds is 1. The van der Waals surface area contributed by atoms with Crippen molar-refractivity contribution in [3.63, 3.8) is 0 Å². The fraction of sp³-hybridized carbons (Fsp3) is 0.286. The second-order valence-electron chi connectivity index (χ2n) is 2.29. The van der Waals surface area contributed by atoms with Gasteiger partial charge in [-0.05, 0) is 6.92 Å². The SMILES string of the molecule is Cc1[nH]c(CO)cc(=O)c1O. The van der Waals surface area contributed by atoms with E-state index in [2.05, 4.69) is 4.98 Å². The van der Waals surface area contributed by atoms with Crippen molar-refractivity contribution < 1.29 is 10.2 Å². The number of aryl methyl sites for hydroxylation is 1. The van der Waals surface area contributed by atoms with Crippen LogP contribution in [0.4, 0.5) is 0 Å².